The number of fused-ring (bicyclic) bond motifs is 1. The zero-order chi connectivity index (χ0) is 19.9. The molecule has 4 rings (SSSR count). The van der Waals surface area contributed by atoms with Crippen LogP contribution in [-0.2, 0) is 4.74 Å². The van der Waals surface area contributed by atoms with Crippen LogP contribution in [0.3, 0.4) is 0 Å². The van der Waals surface area contributed by atoms with Crippen LogP contribution in [-0.4, -0.2) is 38.4 Å². The fourth-order valence-electron chi connectivity index (χ4n) is 3.65. The monoisotopic (exact) mass is 439 g/mol. The van der Waals surface area contributed by atoms with Crippen LogP contribution in [0, 0.1) is 13.5 Å². The first-order valence-corrected chi connectivity index (χ1v) is 10.1. The quantitative estimate of drug-likeness (QED) is 0.584. The average Bonchev–Trinajstić information content (AvgIpc) is 3.27. The molecule has 2 aromatic rings. The van der Waals surface area contributed by atoms with Gasteiger partial charge in [-0.25, -0.2) is 4.98 Å². The Kier molecular flexibility index (Phi) is 12.8. The van der Waals surface area contributed by atoms with E-state index in [9.17, 15) is 0 Å². The molecule has 2 fully saturated rings. The van der Waals surface area contributed by atoms with Crippen molar-refractivity contribution in [3.63, 3.8) is 0 Å². The minimum Gasteiger partial charge on any atom is -0.662 e. The van der Waals surface area contributed by atoms with Crippen LogP contribution >= 0.6 is 0 Å². The van der Waals surface area contributed by atoms with Gasteiger partial charge in [-0.3, -0.25) is 0 Å². The minimum atomic E-state index is 0. The van der Waals surface area contributed by atoms with Gasteiger partial charge < -0.3 is 32.7 Å². The van der Waals surface area contributed by atoms with E-state index < -0.39 is 0 Å². The minimum absolute atomic E-state index is 0. The van der Waals surface area contributed by atoms with Gasteiger partial charge in [-0.05, 0) is 36.5 Å². The number of benzene rings is 1. The molecule has 7 heteroatoms. The molecular formula is C23H34KN3O3-2. The van der Waals surface area contributed by atoms with E-state index >= 15 is 0 Å². The van der Waals surface area contributed by atoms with Gasteiger partial charge in [0.1, 0.15) is 11.6 Å². The molecule has 2 aliphatic heterocycles. The predicted octanol–water partition coefficient (Wildman–Crippen LogP) is 2.28. The molecule has 0 radical (unpaired) electrons. The van der Waals surface area contributed by atoms with Gasteiger partial charge in [-0.15, -0.1) is 13.1 Å². The first-order chi connectivity index (χ1) is 13.6. The summed E-state index contributed by atoms with van der Waals surface area (Å²) in [6.45, 7) is 7.64. The van der Waals surface area contributed by atoms with Crippen LogP contribution in [0.15, 0.2) is 18.2 Å². The third kappa shape index (κ3) is 7.62. The fraction of sp³-hybridized carbons (Fsp3) is 0.522. The Morgan fingerprint density at radius 1 is 1.10 bits per heavy atom. The van der Waals surface area contributed by atoms with Crippen LogP contribution in [0.2, 0.25) is 0 Å². The summed E-state index contributed by atoms with van der Waals surface area (Å²) < 4.78 is 16.7. The maximum atomic E-state index is 6.03. The molecule has 1 aromatic carbocycles. The molecule has 0 bridgehead atoms. The van der Waals surface area contributed by atoms with Crippen LogP contribution in [0.1, 0.15) is 51.0 Å². The normalized spacial score (nSPS) is 16.3. The third-order valence-electron chi connectivity index (χ3n) is 5.00. The summed E-state index contributed by atoms with van der Waals surface area (Å²) in [5.74, 6) is 2.34. The van der Waals surface area contributed by atoms with Crippen molar-refractivity contribution in [3.05, 3.63) is 42.6 Å². The number of nitrogen functional groups attached to an aromatic ring is 1. The van der Waals surface area contributed by atoms with Crippen molar-refractivity contribution >= 4 is 16.7 Å². The topological polar surface area (TPSA) is 80.7 Å². The van der Waals surface area contributed by atoms with E-state index in [0.29, 0.717) is 23.2 Å². The number of ether oxygens (including phenoxy) is 3. The summed E-state index contributed by atoms with van der Waals surface area (Å²) in [6, 6.07) is 5.89. The van der Waals surface area contributed by atoms with E-state index in [1.54, 1.807) is 7.11 Å². The van der Waals surface area contributed by atoms with Crippen LogP contribution in [0.4, 0.5) is 5.82 Å². The number of hydrogen-bond donors (Lipinski definition) is 1. The SMILES string of the molecule is C1CC[N-]C1.COc1cc2c(C3CCOCC3)cc(N)nc2cc1O[C-](C)C.[CH3-].[K+]. The van der Waals surface area contributed by atoms with E-state index in [4.69, 9.17) is 19.9 Å². The standard InChI is InChI=1S/C18H23N2O3.C4H8N.CH3.K/c1-11(2)23-17-10-15-14(8-16(17)21-3)13(9-18(19)20-15)12-4-6-22-7-5-12;1-2-4-5-3-1;;/h8-10,12H,4-7H2,1-3H3,(H2,19,20);1-4H2;1H3;/q3*-1;+1. The molecular weight excluding hydrogens is 405 g/mol. The smallest absolute Gasteiger partial charge is 0.662 e. The van der Waals surface area contributed by atoms with Crippen molar-refractivity contribution in [3.8, 4) is 11.5 Å². The molecule has 2 N–H and O–H groups in total. The number of hydrogen-bond acceptors (Lipinski definition) is 5. The Morgan fingerprint density at radius 3 is 2.30 bits per heavy atom. The van der Waals surface area contributed by atoms with Gasteiger partial charge in [-0.2, -0.15) is 20.0 Å². The third-order valence-corrected chi connectivity index (χ3v) is 5.00. The van der Waals surface area contributed by atoms with Crippen LogP contribution < -0.4 is 66.6 Å². The van der Waals surface area contributed by atoms with E-state index in [0.717, 1.165) is 56.2 Å². The summed E-state index contributed by atoms with van der Waals surface area (Å²) in [4.78, 5) is 4.48. The van der Waals surface area contributed by atoms with Crippen molar-refractivity contribution in [2.45, 2.75) is 45.4 Å². The zero-order valence-electron chi connectivity index (χ0n) is 19.2. The Morgan fingerprint density at radius 2 is 1.77 bits per heavy atom. The van der Waals surface area contributed by atoms with Gasteiger partial charge >= 0.3 is 51.4 Å². The Hall–Kier alpha value is -0.414. The molecule has 0 aliphatic carbocycles. The first-order valence-electron chi connectivity index (χ1n) is 10.1. The van der Waals surface area contributed by atoms with Gasteiger partial charge in [0, 0.05) is 24.7 Å². The summed E-state index contributed by atoms with van der Waals surface area (Å²) in [5, 5.41) is 5.16. The maximum Gasteiger partial charge on any atom is 1.00 e. The summed E-state index contributed by atoms with van der Waals surface area (Å²) in [7, 11) is 1.65. The molecule has 0 spiro atoms. The molecule has 6 nitrogen and oxygen atoms in total. The Bertz CT molecular complexity index is 768. The number of aromatic nitrogens is 1. The second-order valence-electron chi connectivity index (χ2n) is 7.43. The second kappa shape index (κ2) is 13.9. The van der Waals surface area contributed by atoms with Gasteiger partial charge in [0.25, 0.3) is 0 Å². The molecule has 2 aliphatic rings. The number of nitrogens with zero attached hydrogens (tertiary/aromatic N) is 2. The Balaban J connectivity index is 0.000000566. The molecule has 0 amide bonds. The average molecular weight is 440 g/mol. The largest absolute Gasteiger partial charge is 1.00 e. The van der Waals surface area contributed by atoms with Crippen molar-refractivity contribution in [1.82, 2.24) is 4.98 Å². The molecule has 3 heterocycles. The van der Waals surface area contributed by atoms with E-state index in [2.05, 4.69) is 10.3 Å². The van der Waals surface area contributed by atoms with Crippen LogP contribution in [0.5, 0.6) is 11.5 Å². The Labute approximate surface area is 224 Å². The number of anilines is 1. The molecule has 162 valence electrons. The number of nitrogens with two attached hydrogens (primary N) is 1. The van der Waals surface area contributed by atoms with E-state index in [-0.39, 0.29) is 58.8 Å². The molecule has 30 heavy (non-hydrogen) atoms. The predicted molar refractivity (Wildman–Crippen MR) is 119 cm³/mol. The van der Waals surface area contributed by atoms with Crippen LogP contribution in [0.25, 0.3) is 16.2 Å². The zero-order valence-corrected chi connectivity index (χ0v) is 22.3. The van der Waals surface area contributed by atoms with Crippen molar-refractivity contribution in [2.75, 3.05) is 39.1 Å². The number of rotatable bonds is 4. The number of pyridine rings is 1. The van der Waals surface area contributed by atoms with Gasteiger partial charge in [0.05, 0.1) is 12.6 Å². The molecule has 0 unspecified atom stereocenters. The summed E-state index contributed by atoms with van der Waals surface area (Å²) in [5.41, 5.74) is 8.09. The molecule has 0 atom stereocenters. The molecule has 0 saturated carbocycles. The van der Waals surface area contributed by atoms with Crippen molar-refractivity contribution in [2.24, 2.45) is 0 Å². The van der Waals surface area contributed by atoms with Gasteiger partial charge in [0.15, 0.2) is 5.75 Å². The van der Waals surface area contributed by atoms with Gasteiger partial charge in [0.2, 0.25) is 0 Å². The maximum absolute atomic E-state index is 6.03. The molecule has 2 saturated heterocycles. The van der Waals surface area contributed by atoms with Crippen molar-refractivity contribution in [1.29, 1.82) is 0 Å². The second-order valence-corrected chi connectivity index (χ2v) is 7.43. The van der Waals surface area contributed by atoms with Gasteiger partial charge in [-0.1, -0.05) is 12.8 Å². The van der Waals surface area contributed by atoms with E-state index in [1.165, 1.54) is 18.4 Å². The van der Waals surface area contributed by atoms with E-state index in [1.807, 2.05) is 32.0 Å². The fourth-order valence-corrected chi connectivity index (χ4v) is 3.65. The summed E-state index contributed by atoms with van der Waals surface area (Å²) in [6.07, 6.45) is 5.51. The number of methoxy groups -OCH3 is 1. The molecule has 1 aromatic heterocycles. The first kappa shape index (κ1) is 27.6. The summed E-state index contributed by atoms with van der Waals surface area (Å²) >= 11 is 0. The van der Waals surface area contributed by atoms with Crippen molar-refractivity contribution < 1.29 is 65.6 Å².